The van der Waals surface area contributed by atoms with E-state index in [0.717, 1.165) is 23.3 Å². The van der Waals surface area contributed by atoms with E-state index in [1.54, 1.807) is 12.5 Å². The van der Waals surface area contributed by atoms with Gasteiger partial charge in [0, 0.05) is 29.4 Å². The highest BCUT2D eigenvalue weighted by molar-refractivity contribution is 6.00. The number of hydrogen-bond donors (Lipinski definition) is 0. The van der Waals surface area contributed by atoms with E-state index in [0.29, 0.717) is 19.1 Å². The first kappa shape index (κ1) is 18.3. The van der Waals surface area contributed by atoms with Crippen LogP contribution in [0.2, 0.25) is 0 Å². The zero-order valence-corrected chi connectivity index (χ0v) is 15.5. The summed E-state index contributed by atoms with van der Waals surface area (Å²) in [6.45, 7) is 3.52. The molecule has 0 bridgehead atoms. The van der Waals surface area contributed by atoms with E-state index in [-0.39, 0.29) is 0 Å². The van der Waals surface area contributed by atoms with Crippen LogP contribution in [-0.4, -0.2) is 21.9 Å². The van der Waals surface area contributed by atoms with Crippen molar-refractivity contribution in [2.75, 3.05) is 6.61 Å². The number of rotatable bonds is 9. The lowest BCUT2D eigenvalue weighted by molar-refractivity contribution is 0.139. The minimum Gasteiger partial charge on any atom is -0.396 e. The Morgan fingerprint density at radius 1 is 1.23 bits per heavy atom. The number of imidazole rings is 1. The van der Waals surface area contributed by atoms with Crippen molar-refractivity contribution in [2.24, 2.45) is 11.1 Å². The van der Waals surface area contributed by atoms with Gasteiger partial charge in [-0.05, 0) is 37.8 Å². The van der Waals surface area contributed by atoms with Gasteiger partial charge in [0.05, 0.1) is 12.9 Å². The monoisotopic (exact) mass is 349 g/mol. The van der Waals surface area contributed by atoms with Crippen molar-refractivity contribution >= 4 is 5.71 Å². The first-order valence-corrected chi connectivity index (χ1v) is 9.61. The SMILES string of the molecule is CCCCCCON=C(Cn1ccnc1)c1ccc(C#CC2CC2)cc1. The number of nitrogens with zero attached hydrogens (tertiary/aromatic N) is 3. The molecule has 136 valence electrons. The van der Waals surface area contributed by atoms with Crippen LogP contribution in [0.1, 0.15) is 56.6 Å². The molecule has 0 aliphatic heterocycles. The lowest BCUT2D eigenvalue weighted by atomic mass is 10.1. The molecule has 1 aromatic heterocycles. The second-order valence-corrected chi connectivity index (χ2v) is 6.79. The smallest absolute Gasteiger partial charge is 0.117 e. The zero-order valence-electron chi connectivity index (χ0n) is 15.5. The van der Waals surface area contributed by atoms with E-state index in [4.69, 9.17) is 4.84 Å². The molecule has 1 fully saturated rings. The molecule has 0 N–H and O–H groups in total. The predicted molar refractivity (Wildman–Crippen MR) is 105 cm³/mol. The Kier molecular flexibility index (Phi) is 6.89. The Hall–Kier alpha value is -2.54. The molecular weight excluding hydrogens is 322 g/mol. The van der Waals surface area contributed by atoms with Crippen molar-refractivity contribution < 1.29 is 4.84 Å². The van der Waals surface area contributed by atoms with Crippen LogP contribution in [0, 0.1) is 17.8 Å². The molecule has 4 heteroatoms. The highest BCUT2D eigenvalue weighted by Crippen LogP contribution is 2.27. The van der Waals surface area contributed by atoms with Gasteiger partial charge in [0.15, 0.2) is 0 Å². The topological polar surface area (TPSA) is 39.4 Å². The van der Waals surface area contributed by atoms with Gasteiger partial charge in [0.1, 0.15) is 12.3 Å². The van der Waals surface area contributed by atoms with Gasteiger partial charge in [0.25, 0.3) is 0 Å². The van der Waals surface area contributed by atoms with Crippen LogP contribution in [0.3, 0.4) is 0 Å². The first-order chi connectivity index (χ1) is 12.8. The van der Waals surface area contributed by atoms with Crippen molar-refractivity contribution in [1.29, 1.82) is 0 Å². The van der Waals surface area contributed by atoms with Crippen molar-refractivity contribution in [3.8, 4) is 11.8 Å². The van der Waals surface area contributed by atoms with Crippen LogP contribution < -0.4 is 0 Å². The molecule has 3 rings (SSSR count). The van der Waals surface area contributed by atoms with Crippen molar-refractivity contribution in [2.45, 2.75) is 52.0 Å². The lowest BCUT2D eigenvalue weighted by Gasteiger charge is -2.08. The van der Waals surface area contributed by atoms with E-state index in [9.17, 15) is 0 Å². The molecule has 1 heterocycles. The highest BCUT2D eigenvalue weighted by Gasteiger charge is 2.17. The minimum absolute atomic E-state index is 0.620. The molecule has 0 spiro atoms. The maximum atomic E-state index is 5.59. The third-order valence-corrected chi connectivity index (χ3v) is 4.37. The largest absolute Gasteiger partial charge is 0.396 e. The molecule has 26 heavy (non-hydrogen) atoms. The van der Waals surface area contributed by atoms with Gasteiger partial charge >= 0.3 is 0 Å². The van der Waals surface area contributed by atoms with Gasteiger partial charge < -0.3 is 9.40 Å². The summed E-state index contributed by atoms with van der Waals surface area (Å²) in [6, 6.07) is 8.28. The average molecular weight is 349 g/mol. The number of benzene rings is 1. The summed E-state index contributed by atoms with van der Waals surface area (Å²) >= 11 is 0. The van der Waals surface area contributed by atoms with Gasteiger partial charge in [-0.1, -0.05) is 48.9 Å². The first-order valence-electron chi connectivity index (χ1n) is 9.61. The van der Waals surface area contributed by atoms with Crippen LogP contribution in [0.15, 0.2) is 48.1 Å². The summed E-state index contributed by atoms with van der Waals surface area (Å²) in [5.74, 6) is 7.17. The van der Waals surface area contributed by atoms with Crippen molar-refractivity contribution in [1.82, 2.24) is 9.55 Å². The van der Waals surface area contributed by atoms with Crippen LogP contribution >= 0.6 is 0 Å². The molecule has 1 aromatic carbocycles. The Morgan fingerprint density at radius 2 is 2.08 bits per heavy atom. The van der Waals surface area contributed by atoms with E-state index in [2.05, 4.69) is 53.2 Å². The van der Waals surface area contributed by atoms with Gasteiger partial charge in [-0.25, -0.2) is 4.98 Å². The van der Waals surface area contributed by atoms with Gasteiger partial charge in [-0.2, -0.15) is 0 Å². The zero-order chi connectivity index (χ0) is 18.0. The number of oxime groups is 1. The summed E-state index contributed by atoms with van der Waals surface area (Å²) in [7, 11) is 0. The maximum absolute atomic E-state index is 5.59. The lowest BCUT2D eigenvalue weighted by Crippen LogP contribution is -2.11. The summed E-state index contributed by atoms with van der Waals surface area (Å²) in [5.41, 5.74) is 3.02. The fraction of sp³-hybridized carbons (Fsp3) is 0.455. The van der Waals surface area contributed by atoms with E-state index in [1.165, 1.54) is 32.1 Å². The minimum atomic E-state index is 0.620. The molecule has 1 aliphatic rings. The van der Waals surface area contributed by atoms with Crippen molar-refractivity contribution in [3.05, 3.63) is 54.1 Å². The molecule has 0 saturated heterocycles. The molecule has 4 nitrogen and oxygen atoms in total. The Labute approximate surface area is 156 Å². The normalized spacial score (nSPS) is 14.0. The molecular formula is C22H27N3O. The molecule has 2 aromatic rings. The van der Waals surface area contributed by atoms with Crippen LogP contribution in [0.4, 0.5) is 0 Å². The Bertz CT molecular complexity index is 747. The third kappa shape index (κ3) is 6.07. The van der Waals surface area contributed by atoms with Gasteiger partial charge in [-0.15, -0.1) is 0 Å². The van der Waals surface area contributed by atoms with Crippen LogP contribution in [0.25, 0.3) is 0 Å². The molecule has 0 radical (unpaired) electrons. The second-order valence-electron chi connectivity index (χ2n) is 6.79. The number of unbranched alkanes of at least 4 members (excludes halogenated alkanes) is 3. The van der Waals surface area contributed by atoms with E-state index >= 15 is 0 Å². The summed E-state index contributed by atoms with van der Waals surface area (Å²) in [4.78, 5) is 9.70. The van der Waals surface area contributed by atoms with E-state index < -0.39 is 0 Å². The van der Waals surface area contributed by atoms with Gasteiger partial charge in [-0.3, -0.25) is 0 Å². The molecule has 1 aliphatic carbocycles. The second kappa shape index (κ2) is 9.82. The van der Waals surface area contributed by atoms with Crippen molar-refractivity contribution in [3.63, 3.8) is 0 Å². The highest BCUT2D eigenvalue weighted by atomic mass is 16.6. The Balaban J connectivity index is 1.64. The predicted octanol–water partition coefficient (Wildman–Crippen LogP) is 4.65. The van der Waals surface area contributed by atoms with Crippen LogP contribution in [-0.2, 0) is 11.4 Å². The summed E-state index contributed by atoms with van der Waals surface area (Å²) < 4.78 is 2.00. The van der Waals surface area contributed by atoms with E-state index in [1.807, 2.05) is 10.8 Å². The average Bonchev–Trinajstić information content (AvgIpc) is 3.36. The fourth-order valence-corrected chi connectivity index (χ4v) is 2.60. The number of aromatic nitrogens is 2. The molecule has 0 unspecified atom stereocenters. The molecule has 0 atom stereocenters. The fourth-order valence-electron chi connectivity index (χ4n) is 2.60. The Morgan fingerprint density at radius 3 is 2.77 bits per heavy atom. The molecule has 1 saturated carbocycles. The third-order valence-electron chi connectivity index (χ3n) is 4.37. The number of hydrogen-bond acceptors (Lipinski definition) is 3. The van der Waals surface area contributed by atoms with Gasteiger partial charge in [0.2, 0.25) is 0 Å². The standard InChI is InChI=1S/C22H27N3O/c1-2-3-4-5-16-26-24-22(17-25-15-14-23-18-25)21-12-10-20(11-13-21)9-8-19-6-7-19/h10-15,18-19H,2-7,16-17H2,1H3. The summed E-state index contributed by atoms with van der Waals surface area (Å²) in [5, 5.41) is 4.41. The van der Waals surface area contributed by atoms with Crippen LogP contribution in [0.5, 0.6) is 0 Å². The quantitative estimate of drug-likeness (QED) is 0.286. The maximum Gasteiger partial charge on any atom is 0.117 e. The molecule has 0 amide bonds. The summed E-state index contributed by atoms with van der Waals surface area (Å²) in [6.07, 6.45) is 12.7.